The summed E-state index contributed by atoms with van der Waals surface area (Å²) in [6.07, 6.45) is 4.69. The number of nitrogens with zero attached hydrogens (tertiary/aromatic N) is 1. The molecule has 0 saturated carbocycles. The molecule has 4 rings (SSSR count). The number of aliphatic hydroxyl groups is 1. The Hall–Kier alpha value is -1.39. The second-order valence-electron chi connectivity index (χ2n) is 9.44. The van der Waals surface area contributed by atoms with E-state index >= 15 is 0 Å². The van der Waals surface area contributed by atoms with Crippen molar-refractivity contribution in [3.05, 3.63) is 71.8 Å². The lowest BCUT2D eigenvalue weighted by Crippen LogP contribution is -2.53. The number of rotatable bonds is 4. The van der Waals surface area contributed by atoms with Gasteiger partial charge in [-0.3, -0.25) is 4.90 Å². The van der Waals surface area contributed by atoms with Crippen molar-refractivity contribution < 1.29 is 9.84 Å². The Balaban J connectivity index is 0.00000240. The first-order valence-corrected chi connectivity index (χ1v) is 10.6. The summed E-state index contributed by atoms with van der Waals surface area (Å²) in [5, 5.41) is 11.9. The fraction of sp³-hybridized carbons (Fsp3) is 0.520. The molecule has 2 aromatic rings. The highest BCUT2D eigenvalue weighted by Gasteiger charge is 2.45. The standard InChI is InChI=1S/C25H33NO2.ClH/c1-23(2)18-24(15-17-28-23)14-9-16-26(19-24)20-25(27,21-10-5-3-6-11-21)22-12-7-4-8-13-22;/h3-8,10-13,27H,9,14-20H2,1-2H3;1H. The third-order valence-electron chi connectivity index (χ3n) is 6.62. The van der Waals surface area contributed by atoms with Gasteiger partial charge in [0.2, 0.25) is 0 Å². The fourth-order valence-corrected chi connectivity index (χ4v) is 5.48. The number of ether oxygens (including phenoxy) is 1. The van der Waals surface area contributed by atoms with Crippen LogP contribution in [0, 0.1) is 5.41 Å². The van der Waals surface area contributed by atoms with Gasteiger partial charge < -0.3 is 9.84 Å². The molecule has 0 bridgehead atoms. The first kappa shape index (κ1) is 22.3. The van der Waals surface area contributed by atoms with E-state index < -0.39 is 5.60 Å². The molecule has 0 aliphatic carbocycles. The summed E-state index contributed by atoms with van der Waals surface area (Å²) in [7, 11) is 0. The van der Waals surface area contributed by atoms with E-state index in [-0.39, 0.29) is 18.0 Å². The van der Waals surface area contributed by atoms with Crippen molar-refractivity contribution >= 4 is 12.4 Å². The van der Waals surface area contributed by atoms with Crippen LogP contribution in [0.5, 0.6) is 0 Å². The van der Waals surface area contributed by atoms with Crippen LogP contribution in [0.4, 0.5) is 0 Å². The molecule has 29 heavy (non-hydrogen) atoms. The summed E-state index contributed by atoms with van der Waals surface area (Å²) in [5.74, 6) is 0. The quantitative estimate of drug-likeness (QED) is 0.761. The summed E-state index contributed by atoms with van der Waals surface area (Å²) in [5.41, 5.74) is 1.20. The lowest BCUT2D eigenvalue weighted by Gasteiger charge is -2.51. The number of likely N-dealkylation sites (tertiary alicyclic amines) is 1. The van der Waals surface area contributed by atoms with Crippen molar-refractivity contribution in [2.24, 2.45) is 5.41 Å². The van der Waals surface area contributed by atoms with Crippen LogP contribution >= 0.6 is 12.4 Å². The number of hydrogen-bond acceptors (Lipinski definition) is 3. The highest BCUT2D eigenvalue weighted by Crippen LogP contribution is 2.45. The zero-order valence-corrected chi connectivity index (χ0v) is 18.5. The Morgan fingerprint density at radius 3 is 2.10 bits per heavy atom. The van der Waals surface area contributed by atoms with E-state index in [1.165, 1.54) is 12.8 Å². The van der Waals surface area contributed by atoms with Crippen molar-refractivity contribution in [1.82, 2.24) is 4.90 Å². The summed E-state index contributed by atoms with van der Waals surface area (Å²) >= 11 is 0. The van der Waals surface area contributed by atoms with Gasteiger partial charge in [0.05, 0.1) is 5.60 Å². The topological polar surface area (TPSA) is 32.7 Å². The van der Waals surface area contributed by atoms with Crippen LogP contribution in [0.25, 0.3) is 0 Å². The molecule has 0 amide bonds. The van der Waals surface area contributed by atoms with Gasteiger partial charge in [-0.1, -0.05) is 60.7 Å². The van der Waals surface area contributed by atoms with Gasteiger partial charge in [-0.15, -0.1) is 12.4 Å². The molecule has 1 N–H and O–H groups in total. The SMILES string of the molecule is CC1(C)CC2(CCCN(CC(O)(c3ccccc3)c3ccccc3)C2)CCO1.Cl. The van der Waals surface area contributed by atoms with Gasteiger partial charge in [0.25, 0.3) is 0 Å². The number of halogens is 1. The Labute approximate surface area is 181 Å². The van der Waals surface area contributed by atoms with Gasteiger partial charge in [-0.05, 0) is 62.6 Å². The van der Waals surface area contributed by atoms with Crippen molar-refractivity contribution in [3.8, 4) is 0 Å². The van der Waals surface area contributed by atoms with Gasteiger partial charge in [0, 0.05) is 19.7 Å². The minimum Gasteiger partial charge on any atom is -0.379 e. The molecule has 3 nitrogen and oxygen atoms in total. The van der Waals surface area contributed by atoms with Crippen molar-refractivity contribution in [1.29, 1.82) is 0 Å². The van der Waals surface area contributed by atoms with Crippen LogP contribution in [-0.4, -0.2) is 41.8 Å². The molecule has 0 aromatic heterocycles. The molecule has 2 aliphatic heterocycles. The van der Waals surface area contributed by atoms with Crippen LogP contribution in [0.3, 0.4) is 0 Å². The molecule has 158 valence electrons. The maximum Gasteiger partial charge on any atom is 0.127 e. The first-order chi connectivity index (χ1) is 13.4. The predicted octanol–water partition coefficient (Wildman–Crippen LogP) is 5.02. The first-order valence-electron chi connectivity index (χ1n) is 10.6. The molecule has 2 heterocycles. The molecule has 1 unspecified atom stereocenters. The van der Waals surface area contributed by atoms with Gasteiger partial charge >= 0.3 is 0 Å². The van der Waals surface area contributed by atoms with E-state index in [4.69, 9.17) is 4.74 Å². The Morgan fingerprint density at radius 2 is 1.55 bits per heavy atom. The van der Waals surface area contributed by atoms with Crippen molar-refractivity contribution in [2.75, 3.05) is 26.2 Å². The molecule has 1 atom stereocenters. The normalized spacial score (nSPS) is 24.8. The molecule has 2 aromatic carbocycles. The summed E-state index contributed by atoms with van der Waals surface area (Å²) in [6.45, 7) is 8.01. The summed E-state index contributed by atoms with van der Waals surface area (Å²) in [4.78, 5) is 2.49. The van der Waals surface area contributed by atoms with Crippen LogP contribution < -0.4 is 0 Å². The maximum atomic E-state index is 11.9. The Bertz CT molecular complexity index is 736. The molecular weight excluding hydrogens is 382 g/mol. The predicted molar refractivity (Wildman–Crippen MR) is 121 cm³/mol. The monoisotopic (exact) mass is 415 g/mol. The minimum absolute atomic E-state index is 0. The van der Waals surface area contributed by atoms with E-state index in [1.807, 2.05) is 60.7 Å². The van der Waals surface area contributed by atoms with Gasteiger partial charge in [0.1, 0.15) is 5.60 Å². The summed E-state index contributed by atoms with van der Waals surface area (Å²) in [6, 6.07) is 20.3. The molecule has 0 radical (unpaired) electrons. The lowest BCUT2D eigenvalue weighted by molar-refractivity contribution is -0.126. The van der Waals surface area contributed by atoms with E-state index in [9.17, 15) is 5.11 Å². The smallest absolute Gasteiger partial charge is 0.127 e. The average Bonchev–Trinajstić information content (AvgIpc) is 2.68. The molecule has 2 aliphatic rings. The van der Waals surface area contributed by atoms with E-state index in [1.54, 1.807) is 0 Å². The number of hydrogen-bond donors (Lipinski definition) is 1. The average molecular weight is 416 g/mol. The van der Waals surface area contributed by atoms with Crippen molar-refractivity contribution in [3.63, 3.8) is 0 Å². The second-order valence-corrected chi connectivity index (χ2v) is 9.44. The number of benzene rings is 2. The second kappa shape index (κ2) is 8.77. The fourth-order valence-electron chi connectivity index (χ4n) is 5.48. The molecule has 1 spiro atoms. The van der Waals surface area contributed by atoms with Gasteiger partial charge in [-0.25, -0.2) is 0 Å². The molecule has 2 fully saturated rings. The largest absolute Gasteiger partial charge is 0.379 e. The third-order valence-corrected chi connectivity index (χ3v) is 6.62. The highest BCUT2D eigenvalue weighted by molar-refractivity contribution is 5.85. The Morgan fingerprint density at radius 1 is 0.966 bits per heavy atom. The van der Waals surface area contributed by atoms with Crippen LogP contribution in [-0.2, 0) is 10.3 Å². The van der Waals surface area contributed by atoms with Gasteiger partial charge in [-0.2, -0.15) is 0 Å². The van der Waals surface area contributed by atoms with Crippen molar-refractivity contribution in [2.45, 2.75) is 50.7 Å². The number of β-amino-alcohol motifs (C(OH)–C–C–N with tert-alkyl or cyclic N) is 1. The lowest BCUT2D eigenvalue weighted by atomic mass is 9.69. The Kier molecular flexibility index (Phi) is 6.74. The van der Waals surface area contributed by atoms with E-state index in [2.05, 4.69) is 18.7 Å². The summed E-state index contributed by atoms with van der Waals surface area (Å²) < 4.78 is 6.00. The molecule has 2 saturated heterocycles. The zero-order valence-electron chi connectivity index (χ0n) is 17.6. The van der Waals surface area contributed by atoms with Crippen LogP contribution in [0.2, 0.25) is 0 Å². The maximum absolute atomic E-state index is 11.9. The molecule has 4 heteroatoms. The van der Waals surface area contributed by atoms with Crippen LogP contribution in [0.15, 0.2) is 60.7 Å². The zero-order chi connectivity index (χ0) is 19.7. The minimum atomic E-state index is -0.998. The molecular formula is C25H34ClNO2. The third kappa shape index (κ3) is 4.86. The number of piperidine rings is 1. The van der Waals surface area contributed by atoms with Gasteiger partial charge in [0.15, 0.2) is 0 Å². The van der Waals surface area contributed by atoms with E-state index in [0.29, 0.717) is 12.0 Å². The van der Waals surface area contributed by atoms with Crippen LogP contribution in [0.1, 0.15) is 50.7 Å². The highest BCUT2D eigenvalue weighted by atomic mass is 35.5. The van der Waals surface area contributed by atoms with E-state index in [0.717, 1.165) is 43.7 Å².